The molecule has 0 saturated heterocycles. The molecule has 0 aliphatic rings. The quantitative estimate of drug-likeness (QED) is 0.726. The smallest absolute Gasteiger partial charge is 0.123 e. The Balaban J connectivity index is 2.41. The van der Waals surface area contributed by atoms with E-state index in [1.54, 1.807) is 24.3 Å². The van der Waals surface area contributed by atoms with Crippen LogP contribution in [0.1, 0.15) is 10.4 Å². The van der Waals surface area contributed by atoms with Crippen LogP contribution in [0.25, 0.3) is 11.6 Å². The Morgan fingerprint density at radius 1 is 1.35 bits per heavy atom. The van der Waals surface area contributed by atoms with E-state index in [1.165, 1.54) is 23.5 Å². The third-order valence-electron chi connectivity index (χ3n) is 2.14. The van der Waals surface area contributed by atoms with Gasteiger partial charge in [-0.15, -0.1) is 11.3 Å². The lowest BCUT2D eigenvalue weighted by atomic mass is 10.1. The van der Waals surface area contributed by atoms with Crippen molar-refractivity contribution in [2.45, 2.75) is 0 Å². The summed E-state index contributed by atoms with van der Waals surface area (Å²) in [5.41, 5.74) is 0.986. The highest BCUT2D eigenvalue weighted by Crippen LogP contribution is 2.26. The molecule has 0 spiro atoms. The molecule has 0 aliphatic heterocycles. The molecular weight excluding hydrogens is 257 g/mol. The number of benzene rings is 1. The van der Waals surface area contributed by atoms with Crippen molar-refractivity contribution in [1.82, 2.24) is 0 Å². The molecule has 1 nitrogen and oxygen atoms in total. The average Bonchev–Trinajstić information content (AvgIpc) is 2.72. The van der Waals surface area contributed by atoms with Gasteiger partial charge in [0.2, 0.25) is 0 Å². The second-order valence-corrected chi connectivity index (χ2v) is 5.07. The minimum absolute atomic E-state index is 0.354. The molecule has 0 amide bonds. The van der Waals surface area contributed by atoms with Crippen molar-refractivity contribution >= 4 is 34.6 Å². The second kappa shape index (κ2) is 5.13. The standard InChI is InChI=1S/C13H7ClFNS/c14-13-5-4-12(17-13)7-10(8-16)9-2-1-3-11(15)6-9/h1-7H/b10-7-. The van der Waals surface area contributed by atoms with Crippen molar-refractivity contribution in [3.8, 4) is 6.07 Å². The molecule has 2 aromatic rings. The number of allylic oxidation sites excluding steroid dienone is 1. The van der Waals surface area contributed by atoms with Crippen LogP contribution in [-0.4, -0.2) is 0 Å². The van der Waals surface area contributed by atoms with Crippen molar-refractivity contribution in [3.05, 3.63) is 57.0 Å². The van der Waals surface area contributed by atoms with Gasteiger partial charge in [0, 0.05) is 4.88 Å². The first-order valence-electron chi connectivity index (χ1n) is 4.82. The number of rotatable bonds is 2. The number of thiophene rings is 1. The van der Waals surface area contributed by atoms with Crippen LogP contribution in [0, 0.1) is 17.1 Å². The summed E-state index contributed by atoms with van der Waals surface area (Å²) in [5, 5.41) is 9.07. The third kappa shape index (κ3) is 2.94. The Bertz CT molecular complexity index is 610. The molecule has 0 fully saturated rings. The van der Waals surface area contributed by atoms with Crippen molar-refractivity contribution in [3.63, 3.8) is 0 Å². The van der Waals surface area contributed by atoms with Crippen LogP contribution in [0.2, 0.25) is 4.34 Å². The molecule has 0 atom stereocenters. The minimum Gasteiger partial charge on any atom is -0.207 e. The highest BCUT2D eigenvalue weighted by molar-refractivity contribution is 7.17. The van der Waals surface area contributed by atoms with Gasteiger partial charge >= 0.3 is 0 Å². The molecule has 0 aliphatic carbocycles. The van der Waals surface area contributed by atoms with Gasteiger partial charge in [-0.1, -0.05) is 23.7 Å². The van der Waals surface area contributed by atoms with E-state index in [4.69, 9.17) is 16.9 Å². The van der Waals surface area contributed by atoms with Crippen molar-refractivity contribution in [2.75, 3.05) is 0 Å². The van der Waals surface area contributed by atoms with Gasteiger partial charge in [-0.25, -0.2) is 4.39 Å². The number of nitrogens with zero attached hydrogens (tertiary/aromatic N) is 1. The fourth-order valence-electron chi connectivity index (χ4n) is 1.38. The molecule has 1 aromatic heterocycles. The lowest BCUT2D eigenvalue weighted by Crippen LogP contribution is -1.82. The van der Waals surface area contributed by atoms with Gasteiger partial charge in [0.15, 0.2) is 0 Å². The van der Waals surface area contributed by atoms with Gasteiger partial charge in [-0.3, -0.25) is 0 Å². The van der Waals surface area contributed by atoms with Crippen molar-refractivity contribution in [1.29, 1.82) is 5.26 Å². The molecule has 1 heterocycles. The normalized spacial score (nSPS) is 11.2. The van der Waals surface area contributed by atoms with E-state index in [1.807, 2.05) is 6.07 Å². The molecule has 4 heteroatoms. The summed E-state index contributed by atoms with van der Waals surface area (Å²) in [5.74, 6) is -0.354. The summed E-state index contributed by atoms with van der Waals surface area (Å²) in [7, 11) is 0. The Hall–Kier alpha value is -1.63. The van der Waals surface area contributed by atoms with Crippen LogP contribution >= 0.6 is 22.9 Å². The Kier molecular flexibility index (Phi) is 3.58. The summed E-state index contributed by atoms with van der Waals surface area (Å²) in [6.45, 7) is 0. The molecule has 17 heavy (non-hydrogen) atoms. The Morgan fingerprint density at radius 3 is 2.76 bits per heavy atom. The van der Waals surface area contributed by atoms with Gasteiger partial charge in [0.1, 0.15) is 5.82 Å². The number of halogens is 2. The maximum Gasteiger partial charge on any atom is 0.123 e. The van der Waals surface area contributed by atoms with Gasteiger partial charge in [-0.05, 0) is 35.9 Å². The lowest BCUT2D eigenvalue weighted by molar-refractivity contribution is 0.627. The van der Waals surface area contributed by atoms with Crippen LogP contribution in [0.4, 0.5) is 4.39 Å². The third-order valence-corrected chi connectivity index (χ3v) is 3.31. The zero-order valence-corrected chi connectivity index (χ0v) is 10.2. The zero-order chi connectivity index (χ0) is 12.3. The summed E-state index contributed by atoms with van der Waals surface area (Å²) < 4.78 is 13.7. The van der Waals surface area contributed by atoms with Crippen LogP contribution < -0.4 is 0 Å². The Morgan fingerprint density at radius 2 is 2.18 bits per heavy atom. The van der Waals surface area contributed by atoms with E-state index in [2.05, 4.69) is 6.07 Å². The predicted molar refractivity (Wildman–Crippen MR) is 69.2 cm³/mol. The van der Waals surface area contributed by atoms with Crippen molar-refractivity contribution < 1.29 is 4.39 Å². The first kappa shape index (κ1) is 11.8. The lowest BCUT2D eigenvalue weighted by Gasteiger charge is -1.98. The average molecular weight is 264 g/mol. The molecule has 84 valence electrons. The molecular formula is C13H7ClFNS. The summed E-state index contributed by atoms with van der Waals surface area (Å²) >= 11 is 7.18. The van der Waals surface area contributed by atoms with Crippen LogP contribution in [0.15, 0.2) is 36.4 Å². The highest BCUT2D eigenvalue weighted by atomic mass is 35.5. The van der Waals surface area contributed by atoms with E-state index < -0.39 is 0 Å². The molecule has 0 saturated carbocycles. The summed E-state index contributed by atoms with van der Waals surface area (Å²) in [6, 6.07) is 11.6. The van der Waals surface area contributed by atoms with Crippen LogP contribution in [0.5, 0.6) is 0 Å². The maximum absolute atomic E-state index is 13.1. The predicted octanol–water partition coefficient (Wildman–Crippen LogP) is 4.60. The van der Waals surface area contributed by atoms with E-state index >= 15 is 0 Å². The number of hydrogen-bond donors (Lipinski definition) is 0. The number of nitriles is 1. The van der Waals surface area contributed by atoms with E-state index in [9.17, 15) is 4.39 Å². The van der Waals surface area contributed by atoms with Crippen molar-refractivity contribution in [2.24, 2.45) is 0 Å². The molecule has 0 N–H and O–H groups in total. The molecule has 0 unspecified atom stereocenters. The highest BCUT2D eigenvalue weighted by Gasteiger charge is 2.03. The van der Waals surface area contributed by atoms with Gasteiger partial charge in [0.05, 0.1) is 16.0 Å². The second-order valence-electron chi connectivity index (χ2n) is 3.32. The van der Waals surface area contributed by atoms with Gasteiger partial charge in [0.25, 0.3) is 0 Å². The summed E-state index contributed by atoms with van der Waals surface area (Å²) in [6.07, 6.45) is 1.70. The largest absolute Gasteiger partial charge is 0.207 e. The van der Waals surface area contributed by atoms with E-state index in [0.29, 0.717) is 15.5 Å². The minimum atomic E-state index is -0.354. The first-order valence-corrected chi connectivity index (χ1v) is 6.01. The monoisotopic (exact) mass is 263 g/mol. The molecule has 0 bridgehead atoms. The maximum atomic E-state index is 13.1. The SMILES string of the molecule is N#C/C(=C/c1ccc(Cl)s1)c1cccc(F)c1. The van der Waals surface area contributed by atoms with E-state index in [-0.39, 0.29) is 5.82 Å². The molecule has 1 aromatic carbocycles. The van der Waals surface area contributed by atoms with E-state index in [0.717, 1.165) is 4.88 Å². The van der Waals surface area contributed by atoms with Gasteiger partial charge < -0.3 is 0 Å². The Labute approximate surface area is 107 Å². The van der Waals surface area contributed by atoms with Crippen LogP contribution in [0.3, 0.4) is 0 Å². The fraction of sp³-hybridized carbons (Fsp3) is 0. The molecule has 0 radical (unpaired) electrons. The zero-order valence-electron chi connectivity index (χ0n) is 8.65. The first-order chi connectivity index (χ1) is 8.19. The van der Waals surface area contributed by atoms with Gasteiger partial charge in [-0.2, -0.15) is 5.26 Å². The fourth-order valence-corrected chi connectivity index (χ4v) is 2.39. The number of hydrogen-bond acceptors (Lipinski definition) is 2. The summed E-state index contributed by atoms with van der Waals surface area (Å²) in [4.78, 5) is 0.871. The van der Waals surface area contributed by atoms with Crippen LogP contribution in [-0.2, 0) is 0 Å². The molecule has 2 rings (SSSR count). The topological polar surface area (TPSA) is 23.8 Å².